The number of oxazole rings is 1. The van der Waals surface area contributed by atoms with Crippen molar-refractivity contribution in [1.29, 1.82) is 0 Å². The number of ether oxygens (including phenoxy) is 1. The first-order valence-corrected chi connectivity index (χ1v) is 12.6. The number of hydrogen-bond donors (Lipinski definition) is 1. The summed E-state index contributed by atoms with van der Waals surface area (Å²) in [5.41, 5.74) is 0.789. The molecule has 0 aliphatic carbocycles. The molecule has 0 saturated carbocycles. The average molecular weight is 517 g/mol. The van der Waals surface area contributed by atoms with Gasteiger partial charge in [0.15, 0.2) is 0 Å². The second-order valence-corrected chi connectivity index (χ2v) is 9.93. The van der Waals surface area contributed by atoms with Crippen LogP contribution in [0, 0.1) is 11.6 Å². The van der Waals surface area contributed by atoms with Gasteiger partial charge in [0.25, 0.3) is 0 Å². The molecule has 0 saturated heterocycles. The SMILES string of the molecule is COc1ccccc1NC(=O)CSc1oc(-c2ccc(F)cc2)nc1S(=O)(=O)c1ccc(F)cc1. The van der Waals surface area contributed by atoms with Gasteiger partial charge in [-0.15, -0.1) is 0 Å². The van der Waals surface area contributed by atoms with Gasteiger partial charge in [0.1, 0.15) is 17.4 Å². The predicted molar refractivity (Wildman–Crippen MR) is 126 cm³/mol. The van der Waals surface area contributed by atoms with Crippen LogP contribution >= 0.6 is 11.8 Å². The average Bonchev–Trinajstić information content (AvgIpc) is 3.29. The molecule has 1 amide bonds. The summed E-state index contributed by atoms with van der Waals surface area (Å²) in [7, 11) is -2.75. The highest BCUT2D eigenvalue weighted by atomic mass is 32.2. The number of aromatic nitrogens is 1. The first-order valence-electron chi connectivity index (χ1n) is 10.1. The van der Waals surface area contributed by atoms with Gasteiger partial charge in [0, 0.05) is 5.56 Å². The molecule has 35 heavy (non-hydrogen) atoms. The van der Waals surface area contributed by atoms with E-state index in [4.69, 9.17) is 9.15 Å². The highest BCUT2D eigenvalue weighted by Crippen LogP contribution is 2.35. The van der Waals surface area contributed by atoms with Crippen molar-refractivity contribution in [2.24, 2.45) is 0 Å². The summed E-state index contributed by atoms with van der Waals surface area (Å²) in [5.74, 6) is -1.34. The lowest BCUT2D eigenvalue weighted by Crippen LogP contribution is -2.15. The van der Waals surface area contributed by atoms with E-state index in [2.05, 4.69) is 10.3 Å². The minimum atomic E-state index is -4.22. The second kappa shape index (κ2) is 10.3. The number of benzene rings is 3. The zero-order valence-corrected chi connectivity index (χ0v) is 19.8. The van der Waals surface area contributed by atoms with Crippen LogP contribution in [0.4, 0.5) is 14.5 Å². The van der Waals surface area contributed by atoms with E-state index in [0.717, 1.165) is 36.0 Å². The maximum Gasteiger partial charge on any atom is 0.234 e. The van der Waals surface area contributed by atoms with Crippen molar-refractivity contribution in [3.8, 4) is 17.2 Å². The van der Waals surface area contributed by atoms with Gasteiger partial charge in [-0.1, -0.05) is 23.9 Å². The number of para-hydroxylation sites is 2. The van der Waals surface area contributed by atoms with E-state index in [-0.39, 0.29) is 21.6 Å². The molecule has 0 unspecified atom stereocenters. The molecule has 0 fully saturated rings. The Kier molecular flexibility index (Phi) is 7.17. The number of hydrogen-bond acceptors (Lipinski definition) is 7. The zero-order chi connectivity index (χ0) is 25.0. The predicted octanol–water partition coefficient (Wildman–Crippen LogP) is 5.19. The lowest BCUT2D eigenvalue weighted by molar-refractivity contribution is -0.113. The molecule has 0 spiro atoms. The maximum absolute atomic E-state index is 13.3. The Morgan fingerprint density at radius 2 is 1.63 bits per heavy atom. The van der Waals surface area contributed by atoms with Crippen LogP contribution in [0.15, 0.2) is 92.2 Å². The third-order valence-corrected chi connectivity index (χ3v) is 7.51. The van der Waals surface area contributed by atoms with Gasteiger partial charge in [0.2, 0.25) is 31.8 Å². The van der Waals surface area contributed by atoms with Gasteiger partial charge < -0.3 is 14.5 Å². The van der Waals surface area contributed by atoms with E-state index in [1.165, 1.54) is 31.4 Å². The van der Waals surface area contributed by atoms with Crippen LogP contribution in [-0.4, -0.2) is 32.2 Å². The van der Waals surface area contributed by atoms with Crippen molar-refractivity contribution < 1.29 is 31.1 Å². The molecule has 0 aliphatic heterocycles. The highest BCUT2D eigenvalue weighted by molar-refractivity contribution is 8.00. The van der Waals surface area contributed by atoms with E-state index in [1.807, 2.05) is 0 Å². The summed E-state index contributed by atoms with van der Waals surface area (Å²) < 4.78 is 64.1. The number of carbonyl (C=O) groups excluding carboxylic acids is 1. The number of carbonyl (C=O) groups is 1. The number of thioether (sulfide) groups is 1. The number of halogens is 2. The lowest BCUT2D eigenvalue weighted by Gasteiger charge is -2.09. The maximum atomic E-state index is 13.3. The Balaban J connectivity index is 1.65. The standard InChI is InChI=1S/C24H18F2N2O5S2/c1-32-20-5-3-2-4-19(20)27-21(29)14-34-24-23(35(30,31)18-12-10-17(26)11-13-18)28-22(33-24)15-6-8-16(25)9-7-15/h2-13H,14H2,1H3,(H,27,29). The minimum Gasteiger partial charge on any atom is -0.495 e. The number of nitrogens with one attached hydrogen (secondary N) is 1. The molecule has 1 heterocycles. The smallest absolute Gasteiger partial charge is 0.234 e. The summed E-state index contributed by atoms with van der Waals surface area (Å²) in [6, 6.07) is 16.2. The summed E-state index contributed by atoms with van der Waals surface area (Å²) in [4.78, 5) is 16.5. The summed E-state index contributed by atoms with van der Waals surface area (Å²) >= 11 is 0.822. The molecule has 4 rings (SSSR count). The minimum absolute atomic E-state index is 0.0710. The number of anilines is 1. The van der Waals surface area contributed by atoms with E-state index < -0.39 is 32.4 Å². The fourth-order valence-corrected chi connectivity index (χ4v) is 5.39. The van der Waals surface area contributed by atoms with Crippen molar-refractivity contribution in [3.05, 3.63) is 84.4 Å². The number of rotatable bonds is 8. The zero-order valence-electron chi connectivity index (χ0n) is 18.2. The van der Waals surface area contributed by atoms with Gasteiger partial charge >= 0.3 is 0 Å². The third kappa shape index (κ3) is 5.52. The molecular weight excluding hydrogens is 498 g/mol. The van der Waals surface area contributed by atoms with Crippen LogP contribution in [0.1, 0.15) is 0 Å². The number of nitrogens with zero attached hydrogens (tertiary/aromatic N) is 1. The normalized spacial score (nSPS) is 11.3. The third-order valence-electron chi connectivity index (χ3n) is 4.75. The van der Waals surface area contributed by atoms with E-state index >= 15 is 0 Å². The van der Waals surface area contributed by atoms with E-state index in [0.29, 0.717) is 17.0 Å². The van der Waals surface area contributed by atoms with Gasteiger partial charge in [-0.3, -0.25) is 4.79 Å². The van der Waals surface area contributed by atoms with E-state index in [9.17, 15) is 22.0 Å². The Morgan fingerprint density at radius 3 is 2.29 bits per heavy atom. The van der Waals surface area contributed by atoms with Crippen molar-refractivity contribution in [3.63, 3.8) is 0 Å². The number of methoxy groups -OCH3 is 1. The van der Waals surface area contributed by atoms with Gasteiger partial charge in [-0.25, -0.2) is 17.2 Å². The fourth-order valence-electron chi connectivity index (χ4n) is 3.06. The van der Waals surface area contributed by atoms with Gasteiger partial charge in [-0.2, -0.15) is 4.98 Å². The second-order valence-electron chi connectivity index (χ2n) is 7.11. The van der Waals surface area contributed by atoms with Crippen molar-refractivity contribution in [1.82, 2.24) is 4.98 Å². The van der Waals surface area contributed by atoms with E-state index in [1.54, 1.807) is 24.3 Å². The van der Waals surface area contributed by atoms with Crippen molar-refractivity contribution in [2.45, 2.75) is 15.0 Å². The number of amides is 1. The molecule has 1 N–H and O–H groups in total. The quantitative estimate of drug-likeness (QED) is 0.254. The molecule has 3 aromatic carbocycles. The van der Waals surface area contributed by atoms with Crippen LogP contribution in [0.2, 0.25) is 0 Å². The van der Waals surface area contributed by atoms with Crippen LogP contribution in [0.25, 0.3) is 11.5 Å². The summed E-state index contributed by atoms with van der Waals surface area (Å²) in [5, 5.41) is 2.13. The highest BCUT2D eigenvalue weighted by Gasteiger charge is 2.29. The molecule has 4 aromatic rings. The Labute approximate surface area is 204 Å². The molecule has 0 radical (unpaired) electrons. The molecule has 0 atom stereocenters. The molecule has 180 valence electrons. The Morgan fingerprint density at radius 1 is 1.00 bits per heavy atom. The Bertz CT molecular complexity index is 1450. The van der Waals surface area contributed by atoms with Gasteiger partial charge in [-0.05, 0) is 60.7 Å². The van der Waals surface area contributed by atoms with Crippen LogP contribution in [0.5, 0.6) is 5.75 Å². The molecular formula is C24H18F2N2O5S2. The van der Waals surface area contributed by atoms with Crippen LogP contribution in [-0.2, 0) is 14.6 Å². The summed E-state index contributed by atoms with van der Waals surface area (Å²) in [6.07, 6.45) is 0. The Hall–Kier alpha value is -3.70. The first kappa shape index (κ1) is 24.4. The molecule has 11 heteroatoms. The van der Waals surface area contributed by atoms with Crippen molar-refractivity contribution in [2.75, 3.05) is 18.2 Å². The summed E-state index contributed by atoms with van der Waals surface area (Å²) in [6.45, 7) is 0. The molecule has 0 bridgehead atoms. The first-order chi connectivity index (χ1) is 16.8. The lowest BCUT2D eigenvalue weighted by atomic mass is 10.2. The molecule has 1 aromatic heterocycles. The number of sulfone groups is 1. The largest absolute Gasteiger partial charge is 0.495 e. The topological polar surface area (TPSA) is 98.5 Å². The van der Waals surface area contributed by atoms with Crippen molar-refractivity contribution >= 4 is 33.2 Å². The monoisotopic (exact) mass is 516 g/mol. The molecule has 0 aliphatic rings. The van der Waals surface area contributed by atoms with Crippen LogP contribution < -0.4 is 10.1 Å². The molecule has 7 nitrogen and oxygen atoms in total. The fraction of sp³-hybridized carbons (Fsp3) is 0.0833. The van der Waals surface area contributed by atoms with Gasteiger partial charge in [0.05, 0.1) is 23.4 Å². The van der Waals surface area contributed by atoms with Crippen LogP contribution in [0.3, 0.4) is 0 Å².